The van der Waals surface area contributed by atoms with Gasteiger partial charge in [-0.3, -0.25) is 19.3 Å². The van der Waals surface area contributed by atoms with Crippen molar-refractivity contribution in [2.24, 2.45) is 5.73 Å². The van der Waals surface area contributed by atoms with Gasteiger partial charge in [0.05, 0.1) is 17.7 Å². The van der Waals surface area contributed by atoms with Crippen molar-refractivity contribution in [1.29, 1.82) is 0 Å². The van der Waals surface area contributed by atoms with Gasteiger partial charge in [-0.05, 0) is 43.2 Å². The Bertz CT molecular complexity index is 826. The van der Waals surface area contributed by atoms with Crippen molar-refractivity contribution in [3.63, 3.8) is 0 Å². The molecule has 0 bridgehead atoms. The van der Waals surface area contributed by atoms with Crippen molar-refractivity contribution < 1.29 is 14.4 Å². The molecule has 6 nitrogen and oxygen atoms in total. The number of nitrogens with two attached hydrogens (primary N) is 1. The van der Waals surface area contributed by atoms with Gasteiger partial charge in [0.15, 0.2) is 0 Å². The highest BCUT2D eigenvalue weighted by Crippen LogP contribution is 2.24. The molecule has 1 heterocycles. The van der Waals surface area contributed by atoms with Crippen LogP contribution in [-0.4, -0.2) is 35.2 Å². The molecule has 1 unspecified atom stereocenters. The number of nitrogens with one attached hydrogen (secondary N) is 1. The largest absolute Gasteiger partial charge is 0.352 e. The Kier molecular flexibility index (Phi) is 5.14. The molecule has 3 rings (SSSR count). The van der Waals surface area contributed by atoms with E-state index in [9.17, 15) is 14.4 Å². The van der Waals surface area contributed by atoms with E-state index in [1.54, 1.807) is 48.5 Å². The van der Waals surface area contributed by atoms with Gasteiger partial charge in [0.25, 0.3) is 17.7 Å². The number of hydrogen-bond donors (Lipinski definition) is 2. The average molecular weight is 351 g/mol. The fraction of sp³-hybridized carbons (Fsp3) is 0.250. The van der Waals surface area contributed by atoms with Crippen LogP contribution < -0.4 is 11.1 Å². The molecule has 0 aliphatic carbocycles. The third-order valence-electron chi connectivity index (χ3n) is 4.29. The molecule has 0 saturated heterocycles. The van der Waals surface area contributed by atoms with Gasteiger partial charge < -0.3 is 11.1 Å². The number of hydrogen-bond acceptors (Lipinski definition) is 4. The smallest absolute Gasteiger partial charge is 0.261 e. The summed E-state index contributed by atoms with van der Waals surface area (Å²) in [6, 6.07) is 13.7. The molecular weight excluding hydrogens is 330 g/mol. The second-order valence-corrected chi connectivity index (χ2v) is 6.46. The van der Waals surface area contributed by atoms with Gasteiger partial charge in [-0.15, -0.1) is 0 Å². The third kappa shape index (κ3) is 3.65. The molecule has 1 aliphatic rings. The van der Waals surface area contributed by atoms with Crippen molar-refractivity contribution in [3.8, 4) is 0 Å². The number of imide groups is 1. The maximum atomic E-state index is 12.4. The zero-order chi connectivity index (χ0) is 18.7. The first-order chi connectivity index (χ1) is 12.5. The minimum Gasteiger partial charge on any atom is -0.352 e. The molecule has 134 valence electrons. The van der Waals surface area contributed by atoms with Gasteiger partial charge in [-0.1, -0.05) is 24.3 Å². The Morgan fingerprint density at radius 2 is 1.73 bits per heavy atom. The summed E-state index contributed by atoms with van der Waals surface area (Å²) in [5, 5.41) is 2.82. The first-order valence-corrected chi connectivity index (χ1v) is 8.55. The molecule has 1 aliphatic heterocycles. The minimum absolute atomic E-state index is 0.0236. The zero-order valence-electron chi connectivity index (χ0n) is 14.6. The Labute approximate surface area is 152 Å². The number of amides is 3. The molecule has 6 heteroatoms. The van der Waals surface area contributed by atoms with Gasteiger partial charge in [0, 0.05) is 18.2 Å². The molecule has 0 aromatic heterocycles. The summed E-state index contributed by atoms with van der Waals surface area (Å²) in [5.74, 6) is -0.815. The van der Waals surface area contributed by atoms with E-state index in [0.29, 0.717) is 29.7 Å². The predicted molar refractivity (Wildman–Crippen MR) is 97.7 cm³/mol. The second-order valence-electron chi connectivity index (χ2n) is 6.46. The lowest BCUT2D eigenvalue weighted by Crippen LogP contribution is -2.30. The van der Waals surface area contributed by atoms with Gasteiger partial charge in [0.2, 0.25) is 0 Å². The van der Waals surface area contributed by atoms with Crippen molar-refractivity contribution in [2.75, 3.05) is 6.54 Å². The lowest BCUT2D eigenvalue weighted by molar-refractivity contribution is 0.0642. The van der Waals surface area contributed by atoms with E-state index >= 15 is 0 Å². The van der Waals surface area contributed by atoms with E-state index in [0.717, 1.165) is 5.56 Å². The van der Waals surface area contributed by atoms with Gasteiger partial charge in [0.1, 0.15) is 0 Å². The molecule has 1 atom stereocenters. The van der Waals surface area contributed by atoms with Crippen LogP contribution in [0.5, 0.6) is 0 Å². The second kappa shape index (κ2) is 7.49. The zero-order valence-corrected chi connectivity index (χ0v) is 14.6. The SMILES string of the molecule is CC(N)CCNC(=O)c1cccc(CN2C(=O)c3ccccc3C2=O)c1. The number of rotatable bonds is 6. The van der Waals surface area contributed by atoms with Crippen LogP contribution in [0.25, 0.3) is 0 Å². The summed E-state index contributed by atoms with van der Waals surface area (Å²) in [6.07, 6.45) is 0.695. The number of benzene rings is 2. The fourth-order valence-electron chi connectivity index (χ4n) is 2.89. The highest BCUT2D eigenvalue weighted by molar-refractivity contribution is 6.21. The number of carbonyl (C=O) groups is 3. The van der Waals surface area contributed by atoms with Crippen molar-refractivity contribution in [1.82, 2.24) is 10.2 Å². The Morgan fingerprint density at radius 3 is 2.35 bits per heavy atom. The van der Waals surface area contributed by atoms with Crippen LogP contribution in [0.3, 0.4) is 0 Å². The number of nitrogens with zero attached hydrogens (tertiary/aromatic N) is 1. The van der Waals surface area contributed by atoms with Gasteiger partial charge >= 0.3 is 0 Å². The molecule has 0 fully saturated rings. The molecule has 2 aromatic carbocycles. The summed E-state index contributed by atoms with van der Waals surface area (Å²) < 4.78 is 0. The summed E-state index contributed by atoms with van der Waals surface area (Å²) in [5.41, 5.74) is 7.72. The summed E-state index contributed by atoms with van der Waals surface area (Å²) in [7, 11) is 0. The molecule has 0 spiro atoms. The Balaban J connectivity index is 1.71. The summed E-state index contributed by atoms with van der Waals surface area (Å²) in [6.45, 7) is 2.52. The quantitative estimate of drug-likeness (QED) is 0.778. The minimum atomic E-state index is -0.308. The van der Waals surface area contributed by atoms with Crippen LogP contribution in [0.1, 0.15) is 50.0 Å². The molecule has 0 radical (unpaired) electrons. The number of fused-ring (bicyclic) bond motifs is 1. The van der Waals surface area contributed by atoms with Gasteiger partial charge in [-0.2, -0.15) is 0 Å². The predicted octanol–water partition coefficient (Wildman–Crippen LogP) is 1.95. The first kappa shape index (κ1) is 17.8. The summed E-state index contributed by atoms with van der Waals surface area (Å²) in [4.78, 5) is 38.3. The third-order valence-corrected chi connectivity index (χ3v) is 4.29. The van der Waals surface area contributed by atoms with Crippen molar-refractivity contribution >= 4 is 17.7 Å². The highest BCUT2D eigenvalue weighted by Gasteiger charge is 2.34. The molecule has 26 heavy (non-hydrogen) atoms. The molecule has 0 saturated carbocycles. The van der Waals surface area contributed by atoms with E-state index in [4.69, 9.17) is 5.73 Å². The van der Waals surface area contributed by atoms with Crippen LogP contribution in [-0.2, 0) is 6.54 Å². The lowest BCUT2D eigenvalue weighted by atomic mass is 10.1. The number of carbonyl (C=O) groups excluding carboxylic acids is 3. The van der Waals surface area contributed by atoms with Crippen LogP contribution in [0.2, 0.25) is 0 Å². The van der Waals surface area contributed by atoms with Crippen LogP contribution in [0.4, 0.5) is 0 Å². The standard InChI is InChI=1S/C20H21N3O3/c1-13(21)9-10-22-18(24)15-6-4-5-14(11-15)12-23-19(25)16-7-2-3-8-17(16)20(23)26/h2-8,11,13H,9-10,12,21H2,1H3,(H,22,24). The van der Waals surface area contributed by atoms with E-state index < -0.39 is 0 Å². The molecule has 3 amide bonds. The van der Waals surface area contributed by atoms with E-state index in [1.807, 2.05) is 6.92 Å². The average Bonchev–Trinajstić information content (AvgIpc) is 2.87. The molecule has 2 aromatic rings. The summed E-state index contributed by atoms with van der Waals surface area (Å²) >= 11 is 0. The maximum absolute atomic E-state index is 12.4. The van der Waals surface area contributed by atoms with E-state index in [1.165, 1.54) is 4.90 Å². The normalized spacial score (nSPS) is 14.3. The monoisotopic (exact) mass is 351 g/mol. The van der Waals surface area contributed by atoms with E-state index in [-0.39, 0.29) is 30.3 Å². The van der Waals surface area contributed by atoms with Gasteiger partial charge in [-0.25, -0.2) is 0 Å². The lowest BCUT2D eigenvalue weighted by Gasteiger charge is -2.14. The van der Waals surface area contributed by atoms with E-state index in [2.05, 4.69) is 5.32 Å². The Morgan fingerprint density at radius 1 is 1.08 bits per heavy atom. The fourth-order valence-corrected chi connectivity index (χ4v) is 2.89. The van der Waals surface area contributed by atoms with Crippen LogP contribution >= 0.6 is 0 Å². The maximum Gasteiger partial charge on any atom is 0.261 e. The van der Waals surface area contributed by atoms with Crippen LogP contribution in [0, 0.1) is 0 Å². The highest BCUT2D eigenvalue weighted by atomic mass is 16.2. The first-order valence-electron chi connectivity index (χ1n) is 8.55. The van der Waals surface area contributed by atoms with Crippen molar-refractivity contribution in [3.05, 3.63) is 70.8 Å². The molecule has 3 N–H and O–H groups in total. The van der Waals surface area contributed by atoms with Crippen LogP contribution in [0.15, 0.2) is 48.5 Å². The van der Waals surface area contributed by atoms with Crippen molar-refractivity contribution in [2.45, 2.75) is 25.9 Å². The Hall–Kier alpha value is -2.99. The molecular formula is C20H21N3O3. The topological polar surface area (TPSA) is 92.5 Å².